The van der Waals surface area contributed by atoms with E-state index in [1.807, 2.05) is 103 Å². The Bertz CT molecular complexity index is 1920. The Balaban J connectivity index is 0.00000132. The molecule has 0 aliphatic carbocycles. The van der Waals surface area contributed by atoms with Gasteiger partial charge in [0.25, 0.3) is 11.8 Å². The molecule has 44 heavy (non-hydrogen) atoms. The van der Waals surface area contributed by atoms with Crippen LogP contribution < -0.4 is 37.2 Å². The summed E-state index contributed by atoms with van der Waals surface area (Å²) in [5, 5.41) is 0. The molecule has 0 unspecified atom stereocenters. The molecular weight excluding hydrogens is 656 g/mol. The molecule has 0 aliphatic heterocycles. The molecule has 0 saturated heterocycles. The van der Waals surface area contributed by atoms with Crippen molar-refractivity contribution in [1.29, 1.82) is 0 Å². The monoisotopic (exact) mass is 675 g/mol. The second-order valence-corrected chi connectivity index (χ2v) is 9.27. The average Bonchev–Trinajstić information content (AvgIpc) is 3.61. The number of pyridine rings is 1. The number of benzene rings is 4. The minimum Gasteiger partial charge on any atom is -1.00 e. The van der Waals surface area contributed by atoms with Crippen LogP contribution in [0.3, 0.4) is 0 Å². The van der Waals surface area contributed by atoms with Crippen LogP contribution in [0, 0.1) is 0 Å². The molecule has 0 N–H and O–H groups in total. The summed E-state index contributed by atoms with van der Waals surface area (Å²) >= 11 is 0. The van der Waals surface area contributed by atoms with Gasteiger partial charge in [0.1, 0.15) is 11.4 Å². The third-order valence-corrected chi connectivity index (χ3v) is 6.78. The number of carbonyl (C=O) groups is 2. The van der Waals surface area contributed by atoms with E-state index >= 15 is 0 Å². The van der Waals surface area contributed by atoms with Crippen molar-refractivity contribution < 1.29 is 65.4 Å². The van der Waals surface area contributed by atoms with Crippen LogP contribution in [0.4, 0.5) is 0 Å². The molecule has 216 valence electrons. The minimum atomic E-state index is -0.206. The maximum Gasteiger partial charge on any atom is 3.00 e. The number of aromatic nitrogens is 5. The molecule has 0 amide bonds. The summed E-state index contributed by atoms with van der Waals surface area (Å²) in [6.45, 7) is 0. The van der Waals surface area contributed by atoms with Gasteiger partial charge in [-0.3, -0.25) is 18.7 Å². The van der Waals surface area contributed by atoms with E-state index in [1.165, 1.54) is 0 Å². The maximum atomic E-state index is 13.7. The molecule has 3 heterocycles. The van der Waals surface area contributed by atoms with Crippen LogP contribution in [0.2, 0.25) is 0 Å². The minimum absolute atomic E-state index is 0. The quantitative estimate of drug-likeness (QED) is 0.206. The Hall–Kier alpha value is -4.24. The molecule has 0 radical (unpaired) electrons. The second-order valence-electron chi connectivity index (χ2n) is 9.27. The first-order chi connectivity index (χ1) is 19.7. The summed E-state index contributed by atoms with van der Waals surface area (Å²) in [5.41, 5.74) is 4.79. The summed E-state index contributed by atoms with van der Waals surface area (Å²) < 4.78 is 3.18. The Morgan fingerprint density at radius 1 is 0.432 bits per heavy atom. The van der Waals surface area contributed by atoms with Crippen molar-refractivity contribution in [2.24, 2.45) is 0 Å². The number of nitrogens with zero attached hydrogens (tertiary/aromatic N) is 5. The first kappa shape index (κ1) is 34.3. The SMILES string of the molecule is O=C(c1ccccc1)n1c(-c2cccc(-c3nc4ccccc4n3C(=O)c3ccccc3)n2)nc2ccccc21.[Cl-].[Cl-].[Cl-].[V+3]. The van der Waals surface area contributed by atoms with E-state index in [4.69, 9.17) is 15.0 Å². The largest absolute Gasteiger partial charge is 3.00 e. The number of fused-ring (bicyclic) bond motifs is 2. The van der Waals surface area contributed by atoms with Crippen LogP contribution in [-0.4, -0.2) is 35.9 Å². The van der Waals surface area contributed by atoms with Crippen molar-refractivity contribution in [3.8, 4) is 23.0 Å². The zero-order valence-corrected chi connectivity index (χ0v) is 26.4. The van der Waals surface area contributed by atoms with E-state index in [0.29, 0.717) is 56.2 Å². The molecule has 0 spiro atoms. The number of hydrogen-bond acceptors (Lipinski definition) is 5. The Morgan fingerprint density at radius 2 is 0.795 bits per heavy atom. The van der Waals surface area contributed by atoms with E-state index in [9.17, 15) is 9.59 Å². The van der Waals surface area contributed by atoms with Crippen molar-refractivity contribution in [2.45, 2.75) is 0 Å². The first-order valence-corrected chi connectivity index (χ1v) is 12.8. The van der Waals surface area contributed by atoms with Crippen LogP contribution in [0.1, 0.15) is 20.7 Å². The predicted molar refractivity (Wildman–Crippen MR) is 154 cm³/mol. The molecule has 7 nitrogen and oxygen atoms in total. The van der Waals surface area contributed by atoms with Gasteiger partial charge in [-0.15, -0.1) is 0 Å². The third kappa shape index (κ3) is 6.06. The molecule has 0 aliphatic rings. The van der Waals surface area contributed by atoms with Gasteiger partial charge in [-0.1, -0.05) is 66.7 Å². The third-order valence-electron chi connectivity index (χ3n) is 6.78. The molecule has 0 saturated carbocycles. The number of hydrogen-bond donors (Lipinski definition) is 0. The van der Waals surface area contributed by atoms with Crippen molar-refractivity contribution in [2.75, 3.05) is 0 Å². The van der Waals surface area contributed by atoms with Gasteiger partial charge in [0, 0.05) is 11.1 Å². The van der Waals surface area contributed by atoms with Gasteiger partial charge in [0.15, 0.2) is 11.6 Å². The van der Waals surface area contributed by atoms with Gasteiger partial charge in [-0.2, -0.15) is 0 Å². The van der Waals surface area contributed by atoms with E-state index in [2.05, 4.69) is 0 Å². The number of para-hydroxylation sites is 4. The second kappa shape index (κ2) is 14.5. The van der Waals surface area contributed by atoms with Crippen LogP contribution in [0.25, 0.3) is 45.1 Å². The normalized spacial score (nSPS) is 10.2. The fraction of sp³-hybridized carbons (Fsp3) is 0. The summed E-state index contributed by atoms with van der Waals surface area (Å²) in [6, 6.07) is 38.7. The molecular formula is C33H21Cl3N5O2V. The van der Waals surface area contributed by atoms with Crippen LogP contribution in [-0.2, 0) is 18.6 Å². The number of rotatable bonds is 4. The van der Waals surface area contributed by atoms with Crippen molar-refractivity contribution in [1.82, 2.24) is 24.1 Å². The van der Waals surface area contributed by atoms with Gasteiger partial charge in [0.05, 0.1) is 22.1 Å². The van der Waals surface area contributed by atoms with E-state index < -0.39 is 0 Å². The number of imidazole rings is 2. The fourth-order valence-electron chi connectivity index (χ4n) is 4.91. The van der Waals surface area contributed by atoms with Crippen LogP contribution in [0.15, 0.2) is 127 Å². The molecule has 7 aromatic rings. The summed E-state index contributed by atoms with van der Waals surface area (Å²) in [6.07, 6.45) is 0. The Labute approximate surface area is 283 Å². The molecule has 7 rings (SSSR count). The maximum absolute atomic E-state index is 13.7. The van der Waals surface area contributed by atoms with Gasteiger partial charge < -0.3 is 37.2 Å². The smallest absolute Gasteiger partial charge is 1.00 e. The molecule has 0 bridgehead atoms. The number of carbonyl (C=O) groups excluding carboxylic acids is 2. The van der Waals surface area contributed by atoms with Crippen LogP contribution in [0.5, 0.6) is 0 Å². The molecule has 11 heteroatoms. The summed E-state index contributed by atoms with van der Waals surface area (Å²) in [5.74, 6) is 0.411. The van der Waals surface area contributed by atoms with E-state index in [0.717, 1.165) is 0 Å². The van der Waals surface area contributed by atoms with Crippen molar-refractivity contribution in [3.63, 3.8) is 0 Å². The van der Waals surface area contributed by atoms with Gasteiger partial charge >= 0.3 is 18.6 Å². The van der Waals surface area contributed by atoms with Gasteiger partial charge in [-0.25, -0.2) is 15.0 Å². The van der Waals surface area contributed by atoms with Crippen LogP contribution >= 0.6 is 0 Å². The summed E-state index contributed by atoms with van der Waals surface area (Å²) in [4.78, 5) is 41.9. The summed E-state index contributed by atoms with van der Waals surface area (Å²) in [7, 11) is 0. The van der Waals surface area contributed by atoms with E-state index in [-0.39, 0.29) is 67.6 Å². The fourth-order valence-corrected chi connectivity index (χ4v) is 4.91. The van der Waals surface area contributed by atoms with Crippen molar-refractivity contribution >= 4 is 33.9 Å². The topological polar surface area (TPSA) is 82.7 Å². The Kier molecular flexibility index (Phi) is 11.3. The predicted octanol–water partition coefficient (Wildman–Crippen LogP) is -2.50. The Morgan fingerprint density at radius 3 is 1.20 bits per heavy atom. The zero-order valence-electron chi connectivity index (χ0n) is 22.8. The van der Waals surface area contributed by atoms with Gasteiger partial charge in [0.2, 0.25) is 0 Å². The standard InChI is InChI=1S/C33H21N5O2.3ClH.V/c39-32(22-12-3-1-4-13-22)37-28-20-9-7-16-24(28)35-30(37)26-18-11-19-27(34-26)31-36-25-17-8-10-21-29(25)38(31)33(40)23-14-5-2-6-15-23;;;;/h1-21H;3*1H;/q;;;;+3/p-3. The first-order valence-electron chi connectivity index (χ1n) is 12.8. The average molecular weight is 677 g/mol. The van der Waals surface area contributed by atoms with Crippen molar-refractivity contribution in [3.05, 3.63) is 139 Å². The van der Waals surface area contributed by atoms with Gasteiger partial charge in [-0.05, 0) is 60.7 Å². The zero-order chi connectivity index (χ0) is 27.1. The molecule has 0 fully saturated rings. The molecule has 3 aromatic heterocycles. The van der Waals surface area contributed by atoms with E-state index in [1.54, 1.807) is 33.4 Å². The number of halogens is 3. The molecule has 4 aromatic carbocycles. The molecule has 0 atom stereocenters.